The first-order valence-electron chi connectivity index (χ1n) is 5.55. The van der Waals surface area contributed by atoms with Crippen LogP contribution in [0.5, 0.6) is 0 Å². The average molecular weight is 268 g/mol. The lowest BCUT2D eigenvalue weighted by Crippen LogP contribution is -2.31. The molecule has 0 atom stereocenters. The molecule has 0 spiro atoms. The van der Waals surface area contributed by atoms with Gasteiger partial charge < -0.3 is 4.90 Å². The lowest BCUT2D eigenvalue weighted by atomic mass is 10.2. The maximum Gasteiger partial charge on any atom is 0.271 e. The lowest BCUT2D eigenvalue weighted by molar-refractivity contribution is -0.384. The van der Waals surface area contributed by atoms with Gasteiger partial charge in [-0.2, -0.15) is 5.26 Å². The number of halogens is 1. The zero-order chi connectivity index (χ0) is 13.7. The largest absolute Gasteiger partial charge is 0.367 e. The van der Waals surface area contributed by atoms with Gasteiger partial charge in [0.25, 0.3) is 5.69 Å². The van der Waals surface area contributed by atoms with E-state index in [9.17, 15) is 10.1 Å². The number of rotatable bonds is 5. The fraction of sp³-hybridized carbons (Fsp3) is 0.417. The Bertz CT molecular complexity index is 483. The van der Waals surface area contributed by atoms with Gasteiger partial charge in [0.05, 0.1) is 28.1 Å². The fourth-order valence-electron chi connectivity index (χ4n) is 1.67. The second kappa shape index (κ2) is 6.22. The molecule has 0 saturated heterocycles. The van der Waals surface area contributed by atoms with Gasteiger partial charge in [0.15, 0.2) is 0 Å². The summed E-state index contributed by atoms with van der Waals surface area (Å²) in [5, 5.41) is 19.6. The van der Waals surface area contributed by atoms with Gasteiger partial charge in [0, 0.05) is 24.7 Å². The molecule has 5 nitrogen and oxygen atoms in total. The molecule has 0 aliphatic carbocycles. The Morgan fingerprint density at radius 3 is 2.67 bits per heavy atom. The van der Waals surface area contributed by atoms with E-state index in [1.54, 1.807) is 6.07 Å². The van der Waals surface area contributed by atoms with Crippen molar-refractivity contribution in [3.63, 3.8) is 0 Å². The maximum absolute atomic E-state index is 10.6. The second-order valence-electron chi connectivity index (χ2n) is 4.09. The van der Waals surface area contributed by atoms with Crippen molar-refractivity contribution in [1.29, 1.82) is 5.26 Å². The summed E-state index contributed by atoms with van der Waals surface area (Å²) in [6, 6.07) is 6.62. The van der Waals surface area contributed by atoms with Gasteiger partial charge in [-0.3, -0.25) is 10.1 Å². The van der Waals surface area contributed by atoms with E-state index in [-0.39, 0.29) is 11.7 Å². The van der Waals surface area contributed by atoms with Crippen molar-refractivity contribution in [3.05, 3.63) is 33.3 Å². The van der Waals surface area contributed by atoms with Crippen LogP contribution in [0.1, 0.15) is 20.3 Å². The number of non-ortho nitro benzene ring substituents is 1. The summed E-state index contributed by atoms with van der Waals surface area (Å²) in [7, 11) is 0. The molecule has 0 aliphatic heterocycles. The van der Waals surface area contributed by atoms with Crippen molar-refractivity contribution >= 4 is 23.0 Å². The summed E-state index contributed by atoms with van der Waals surface area (Å²) in [5.41, 5.74) is 0.681. The molecule has 0 N–H and O–H groups in total. The number of hydrogen-bond acceptors (Lipinski definition) is 4. The van der Waals surface area contributed by atoms with Gasteiger partial charge in [0.2, 0.25) is 0 Å². The SMILES string of the molecule is CC(C)N(CCC#N)c1ccc([N+](=O)[O-])cc1Cl. The molecule has 0 unspecified atom stereocenters. The predicted octanol–water partition coefficient (Wildman–Crippen LogP) is 3.38. The Labute approximate surface area is 111 Å². The van der Waals surface area contributed by atoms with Crippen LogP contribution in [-0.4, -0.2) is 17.5 Å². The summed E-state index contributed by atoms with van der Waals surface area (Å²) in [6.07, 6.45) is 0.380. The molecule has 96 valence electrons. The normalized spacial score (nSPS) is 10.2. The zero-order valence-electron chi connectivity index (χ0n) is 10.3. The van der Waals surface area contributed by atoms with Gasteiger partial charge in [-0.05, 0) is 19.9 Å². The summed E-state index contributed by atoms with van der Waals surface area (Å²) in [5.74, 6) is 0. The molecule has 0 fully saturated rings. The number of nitrogens with zero attached hydrogens (tertiary/aromatic N) is 3. The third-order valence-corrected chi connectivity index (χ3v) is 2.84. The first-order chi connectivity index (χ1) is 8.47. The second-order valence-corrected chi connectivity index (χ2v) is 4.50. The third-order valence-electron chi connectivity index (χ3n) is 2.54. The van der Waals surface area contributed by atoms with Crippen molar-refractivity contribution < 1.29 is 4.92 Å². The Balaban J connectivity index is 3.06. The standard InChI is InChI=1S/C12H14ClN3O2/c1-9(2)15(7-3-6-14)12-5-4-10(16(17)18)8-11(12)13/h4-5,8-9H,3,7H2,1-2H3. The minimum Gasteiger partial charge on any atom is -0.367 e. The van der Waals surface area contributed by atoms with E-state index in [1.165, 1.54) is 12.1 Å². The van der Waals surface area contributed by atoms with E-state index in [0.717, 1.165) is 0 Å². The molecule has 18 heavy (non-hydrogen) atoms. The van der Waals surface area contributed by atoms with Gasteiger partial charge in [-0.25, -0.2) is 0 Å². The number of nitro benzene ring substituents is 1. The van der Waals surface area contributed by atoms with Crippen LogP contribution in [0.25, 0.3) is 0 Å². The maximum atomic E-state index is 10.6. The molecule has 0 aliphatic rings. The molecule has 0 aromatic heterocycles. The first-order valence-corrected chi connectivity index (χ1v) is 5.92. The van der Waals surface area contributed by atoms with Crippen molar-refractivity contribution in [2.45, 2.75) is 26.3 Å². The summed E-state index contributed by atoms with van der Waals surface area (Å²) in [4.78, 5) is 12.1. The molecule has 0 radical (unpaired) electrons. The highest BCUT2D eigenvalue weighted by atomic mass is 35.5. The predicted molar refractivity (Wildman–Crippen MR) is 70.8 cm³/mol. The Morgan fingerprint density at radius 2 is 2.22 bits per heavy atom. The Morgan fingerprint density at radius 1 is 1.56 bits per heavy atom. The van der Waals surface area contributed by atoms with Crippen molar-refractivity contribution in [2.75, 3.05) is 11.4 Å². The number of nitriles is 1. The molecule has 0 saturated carbocycles. The van der Waals surface area contributed by atoms with E-state index in [4.69, 9.17) is 16.9 Å². The van der Waals surface area contributed by atoms with Crippen LogP contribution in [0, 0.1) is 21.4 Å². The Hall–Kier alpha value is -1.80. The van der Waals surface area contributed by atoms with Crippen LogP contribution in [0.2, 0.25) is 5.02 Å². The van der Waals surface area contributed by atoms with Crippen molar-refractivity contribution in [1.82, 2.24) is 0 Å². The van der Waals surface area contributed by atoms with Crippen LogP contribution in [0.3, 0.4) is 0 Å². The van der Waals surface area contributed by atoms with Gasteiger partial charge in [-0.15, -0.1) is 0 Å². The molecular weight excluding hydrogens is 254 g/mol. The summed E-state index contributed by atoms with van der Waals surface area (Å²) >= 11 is 6.06. The summed E-state index contributed by atoms with van der Waals surface area (Å²) < 4.78 is 0. The van der Waals surface area contributed by atoms with Gasteiger partial charge in [0.1, 0.15) is 0 Å². The van der Waals surface area contributed by atoms with E-state index in [1.807, 2.05) is 18.7 Å². The molecule has 0 bridgehead atoms. The quantitative estimate of drug-likeness (QED) is 0.606. The van der Waals surface area contributed by atoms with Crippen LogP contribution < -0.4 is 4.90 Å². The highest BCUT2D eigenvalue weighted by Crippen LogP contribution is 2.31. The topological polar surface area (TPSA) is 70.2 Å². The molecule has 1 rings (SSSR count). The van der Waals surface area contributed by atoms with E-state index < -0.39 is 4.92 Å². The van der Waals surface area contributed by atoms with Crippen LogP contribution in [-0.2, 0) is 0 Å². The van der Waals surface area contributed by atoms with E-state index in [2.05, 4.69) is 6.07 Å². The minimum atomic E-state index is -0.481. The molecule has 1 aromatic rings. The van der Waals surface area contributed by atoms with Gasteiger partial charge in [-0.1, -0.05) is 11.6 Å². The smallest absolute Gasteiger partial charge is 0.271 e. The lowest BCUT2D eigenvalue weighted by Gasteiger charge is -2.28. The number of nitro groups is 1. The molecule has 6 heteroatoms. The molecule has 1 aromatic carbocycles. The van der Waals surface area contributed by atoms with Crippen LogP contribution in [0.15, 0.2) is 18.2 Å². The van der Waals surface area contributed by atoms with Gasteiger partial charge >= 0.3 is 0 Å². The summed E-state index contributed by atoms with van der Waals surface area (Å²) in [6.45, 7) is 4.51. The van der Waals surface area contributed by atoms with E-state index in [0.29, 0.717) is 23.7 Å². The highest BCUT2D eigenvalue weighted by Gasteiger charge is 2.16. The number of anilines is 1. The third kappa shape index (κ3) is 3.34. The number of hydrogen-bond donors (Lipinski definition) is 0. The highest BCUT2D eigenvalue weighted by molar-refractivity contribution is 6.33. The molecule has 0 amide bonds. The van der Waals surface area contributed by atoms with Crippen LogP contribution in [0.4, 0.5) is 11.4 Å². The van der Waals surface area contributed by atoms with Crippen LogP contribution >= 0.6 is 11.6 Å². The first kappa shape index (κ1) is 14.3. The van der Waals surface area contributed by atoms with Crippen molar-refractivity contribution in [2.24, 2.45) is 0 Å². The molecule has 0 heterocycles. The zero-order valence-corrected chi connectivity index (χ0v) is 11.0. The molecular formula is C12H14ClN3O2. The fourth-order valence-corrected chi connectivity index (χ4v) is 1.95. The monoisotopic (exact) mass is 267 g/mol. The van der Waals surface area contributed by atoms with E-state index >= 15 is 0 Å². The van der Waals surface area contributed by atoms with Crippen molar-refractivity contribution in [3.8, 4) is 6.07 Å². The average Bonchev–Trinajstić information content (AvgIpc) is 2.30. The minimum absolute atomic E-state index is 0.0345. The Kier molecular flexibility index (Phi) is 4.93. The number of benzene rings is 1.